The molecule has 0 bridgehead atoms. The quantitative estimate of drug-likeness (QED) is 0.513. The summed E-state index contributed by atoms with van der Waals surface area (Å²) in [4.78, 5) is 37.6. The zero-order valence-corrected chi connectivity index (χ0v) is 17.8. The molecule has 0 saturated carbocycles. The summed E-state index contributed by atoms with van der Waals surface area (Å²) in [6, 6.07) is 13.8. The largest absolute Gasteiger partial charge is 0.442 e. The Morgan fingerprint density at radius 2 is 1.84 bits per heavy atom. The lowest BCUT2D eigenvalue weighted by Crippen LogP contribution is -2.43. The highest BCUT2D eigenvalue weighted by atomic mass is 19.1. The maximum Gasteiger partial charge on any atom is 0.442 e. The number of ketones is 1. The van der Waals surface area contributed by atoms with Crippen molar-refractivity contribution in [2.45, 2.75) is 32.9 Å². The topological polar surface area (TPSA) is 94.2 Å². The molecule has 3 aromatic rings. The first kappa shape index (κ1) is 22.9. The number of nitrogens with one attached hydrogen (secondary N) is 1. The lowest BCUT2D eigenvalue weighted by molar-refractivity contribution is -0.126. The van der Waals surface area contributed by atoms with E-state index in [9.17, 15) is 18.8 Å². The van der Waals surface area contributed by atoms with Crippen molar-refractivity contribution in [1.82, 2.24) is 15.0 Å². The van der Waals surface area contributed by atoms with E-state index in [2.05, 4.69) is 10.5 Å². The van der Waals surface area contributed by atoms with Gasteiger partial charge in [-0.15, -0.1) is 0 Å². The Kier molecular flexibility index (Phi) is 7.49. The number of rotatable bonds is 9. The number of amides is 1. The van der Waals surface area contributed by atoms with Crippen LogP contribution in [0.1, 0.15) is 27.3 Å². The Bertz CT molecular complexity index is 1150. The molecule has 0 spiro atoms. The minimum Gasteiger partial charge on any atom is -0.343 e. The van der Waals surface area contributed by atoms with Gasteiger partial charge in [0, 0.05) is 13.1 Å². The third-order valence-corrected chi connectivity index (χ3v) is 4.74. The van der Waals surface area contributed by atoms with Crippen LogP contribution in [0.15, 0.2) is 70.0 Å². The van der Waals surface area contributed by atoms with Crippen LogP contribution < -0.4 is 11.1 Å². The molecule has 0 saturated heterocycles. The summed E-state index contributed by atoms with van der Waals surface area (Å²) in [5, 5.41) is 6.44. The molecule has 3 rings (SSSR count). The van der Waals surface area contributed by atoms with Gasteiger partial charge in [-0.2, -0.15) is 0 Å². The van der Waals surface area contributed by atoms with Gasteiger partial charge in [0.1, 0.15) is 5.82 Å². The van der Waals surface area contributed by atoms with E-state index in [0.29, 0.717) is 12.0 Å². The molecule has 0 aliphatic carbocycles. The van der Waals surface area contributed by atoms with Crippen LogP contribution in [0.5, 0.6) is 0 Å². The van der Waals surface area contributed by atoms with E-state index < -0.39 is 23.5 Å². The first-order valence-corrected chi connectivity index (χ1v) is 10.2. The fourth-order valence-corrected chi connectivity index (χ4v) is 3.18. The van der Waals surface area contributed by atoms with Crippen LogP contribution in [-0.4, -0.2) is 27.5 Å². The van der Waals surface area contributed by atoms with Gasteiger partial charge < -0.3 is 5.32 Å². The van der Waals surface area contributed by atoms with Crippen molar-refractivity contribution in [3.05, 3.63) is 82.6 Å². The van der Waals surface area contributed by atoms with E-state index in [0.717, 1.165) is 10.1 Å². The lowest BCUT2D eigenvalue weighted by atomic mass is 10.00. The molecule has 0 aliphatic rings. The predicted octanol–water partition coefficient (Wildman–Crippen LogP) is 3.70. The summed E-state index contributed by atoms with van der Waals surface area (Å²) < 4.78 is 19.0. The Labute approximate surface area is 186 Å². The third-order valence-electron chi connectivity index (χ3n) is 4.74. The smallest absolute Gasteiger partial charge is 0.343 e. The molecule has 8 heteroatoms. The molecule has 0 radical (unpaired) electrons. The summed E-state index contributed by atoms with van der Waals surface area (Å²) in [6.45, 7) is 3.53. The van der Waals surface area contributed by atoms with Crippen LogP contribution in [0.4, 0.5) is 4.39 Å². The van der Waals surface area contributed by atoms with Crippen molar-refractivity contribution in [2.24, 2.45) is 5.92 Å². The molecule has 1 N–H and O–H groups in total. The van der Waals surface area contributed by atoms with Crippen molar-refractivity contribution in [2.75, 3.05) is 0 Å². The molecule has 1 heterocycles. The van der Waals surface area contributed by atoms with Gasteiger partial charge in [0.25, 0.3) is 0 Å². The number of hydrogen-bond donors (Lipinski definition) is 1. The van der Waals surface area contributed by atoms with Gasteiger partial charge in [-0.3, -0.25) is 14.1 Å². The van der Waals surface area contributed by atoms with E-state index in [1.165, 1.54) is 30.3 Å². The molecular weight excluding hydrogens is 413 g/mol. The molecule has 1 atom stereocenters. The average molecular weight is 439 g/mol. The summed E-state index contributed by atoms with van der Waals surface area (Å²) in [6.07, 6.45) is 3.42. The van der Waals surface area contributed by atoms with E-state index >= 15 is 0 Å². The number of hydrogen-bond acceptors (Lipinski definition) is 5. The molecule has 0 aliphatic heterocycles. The molecule has 0 unspecified atom stereocenters. The minimum absolute atomic E-state index is 0. The van der Waals surface area contributed by atoms with Gasteiger partial charge in [-0.1, -0.05) is 49.3 Å². The monoisotopic (exact) mass is 439 g/mol. The first-order valence-electron chi connectivity index (χ1n) is 10.2. The Morgan fingerprint density at radius 1 is 1.16 bits per heavy atom. The van der Waals surface area contributed by atoms with E-state index in [4.69, 9.17) is 4.52 Å². The van der Waals surface area contributed by atoms with Crippen molar-refractivity contribution < 1.29 is 19.9 Å². The molecule has 1 aromatic heterocycles. The second-order valence-electron chi connectivity index (χ2n) is 7.77. The molecule has 0 fully saturated rings. The number of carbonyl (C=O) groups excluding carboxylic acids is 2. The highest BCUT2D eigenvalue weighted by Crippen LogP contribution is 2.17. The van der Waals surface area contributed by atoms with Crippen molar-refractivity contribution in [1.29, 1.82) is 0 Å². The SMILES string of the molecule is CC(C)C[C@H](NC(=O)/C=C/c1ccccc1)C(=O)Cn1c(-c2ccc(F)cc2)noc1=O.[HH]. The van der Waals surface area contributed by atoms with Crippen LogP contribution in [0, 0.1) is 11.7 Å². The fourth-order valence-electron chi connectivity index (χ4n) is 3.18. The minimum atomic E-state index is -0.809. The summed E-state index contributed by atoms with van der Waals surface area (Å²) in [5.41, 5.74) is 1.29. The molecule has 32 heavy (non-hydrogen) atoms. The molecule has 1 amide bonds. The summed E-state index contributed by atoms with van der Waals surface area (Å²) in [5.74, 6) is -1.79. The van der Waals surface area contributed by atoms with Gasteiger partial charge in [0.2, 0.25) is 5.91 Å². The number of benzene rings is 2. The van der Waals surface area contributed by atoms with Gasteiger partial charge >= 0.3 is 5.76 Å². The third kappa shape index (κ3) is 6.10. The molecule has 168 valence electrons. The van der Waals surface area contributed by atoms with Crippen LogP contribution in [0.25, 0.3) is 17.5 Å². The molecular formula is C24H26FN3O4. The number of halogens is 1. The van der Waals surface area contributed by atoms with Gasteiger partial charge in [-0.05, 0) is 48.2 Å². The normalized spacial score (nSPS) is 12.2. The van der Waals surface area contributed by atoms with Crippen molar-refractivity contribution in [3.63, 3.8) is 0 Å². The van der Waals surface area contributed by atoms with Gasteiger partial charge in [0.05, 0.1) is 12.6 Å². The Hall–Kier alpha value is -3.81. The van der Waals surface area contributed by atoms with Crippen LogP contribution in [0.2, 0.25) is 0 Å². The second kappa shape index (κ2) is 10.5. The molecule has 7 nitrogen and oxygen atoms in total. The maximum atomic E-state index is 13.2. The highest BCUT2D eigenvalue weighted by molar-refractivity contribution is 5.96. The zero-order valence-electron chi connectivity index (χ0n) is 17.8. The number of carbonyl (C=O) groups is 2. The van der Waals surface area contributed by atoms with E-state index in [1.54, 1.807) is 6.08 Å². The summed E-state index contributed by atoms with van der Waals surface area (Å²) in [7, 11) is 0. The maximum absolute atomic E-state index is 13.2. The Balaban J connectivity index is 0.00000385. The van der Waals surface area contributed by atoms with Crippen LogP contribution >= 0.6 is 0 Å². The van der Waals surface area contributed by atoms with E-state index in [1.807, 2.05) is 44.2 Å². The zero-order chi connectivity index (χ0) is 23.1. The predicted molar refractivity (Wildman–Crippen MR) is 120 cm³/mol. The van der Waals surface area contributed by atoms with E-state index in [-0.39, 0.29) is 25.5 Å². The Morgan fingerprint density at radius 3 is 2.50 bits per heavy atom. The van der Waals surface area contributed by atoms with Crippen LogP contribution in [0.3, 0.4) is 0 Å². The highest BCUT2D eigenvalue weighted by Gasteiger charge is 2.24. The van der Waals surface area contributed by atoms with Gasteiger partial charge in [0.15, 0.2) is 11.6 Å². The number of nitrogens with zero attached hydrogens (tertiary/aromatic N) is 2. The van der Waals surface area contributed by atoms with Crippen molar-refractivity contribution >= 4 is 17.8 Å². The lowest BCUT2D eigenvalue weighted by Gasteiger charge is -2.19. The summed E-state index contributed by atoms with van der Waals surface area (Å²) >= 11 is 0. The molecule has 2 aromatic carbocycles. The standard InChI is InChI=1S/C24H24FN3O4.H2/c1-16(2)14-20(26-22(30)13-8-17-6-4-3-5-7-17)21(29)15-28-23(27-32-24(28)31)18-9-11-19(25)12-10-18;/h3-13,16,20H,14-15H2,1-2H3,(H,26,30);1H/b13-8+;/t20-;/m0./s1. The number of Topliss-reactive ketones (excluding diaryl/α,β-unsaturated/α-hetero) is 1. The second-order valence-corrected chi connectivity index (χ2v) is 7.77. The number of aromatic nitrogens is 2. The van der Waals surface area contributed by atoms with Crippen molar-refractivity contribution in [3.8, 4) is 11.4 Å². The average Bonchev–Trinajstić information content (AvgIpc) is 3.13. The first-order chi connectivity index (χ1) is 15.3. The fraction of sp³-hybridized carbons (Fsp3) is 0.250. The van der Waals surface area contributed by atoms with Gasteiger partial charge in [-0.25, -0.2) is 13.8 Å². The van der Waals surface area contributed by atoms with Crippen LogP contribution in [-0.2, 0) is 16.1 Å².